The number of nitrogens with one attached hydrogen (secondary N) is 1. The van der Waals surface area contributed by atoms with Crippen molar-refractivity contribution in [1.82, 2.24) is 4.31 Å². The van der Waals surface area contributed by atoms with Crippen molar-refractivity contribution in [3.63, 3.8) is 0 Å². The van der Waals surface area contributed by atoms with E-state index in [1.165, 1.54) is 10.4 Å². The summed E-state index contributed by atoms with van der Waals surface area (Å²) in [7, 11) is -3.70. The van der Waals surface area contributed by atoms with E-state index in [0.717, 1.165) is 5.69 Å². The third-order valence-corrected chi connectivity index (χ3v) is 7.30. The summed E-state index contributed by atoms with van der Waals surface area (Å²) < 4.78 is 43.9. The molecule has 9 nitrogen and oxygen atoms in total. The SMILES string of the molecule is CCc1ccc(C(=O)Nc2cc(S(=O)(=O)N3CCOCC3)ccc2N2CCOCC2)o1. The van der Waals surface area contributed by atoms with Crippen molar-refractivity contribution >= 4 is 27.3 Å². The van der Waals surface area contributed by atoms with E-state index >= 15 is 0 Å². The normalized spacial score (nSPS) is 18.2. The van der Waals surface area contributed by atoms with Crippen LogP contribution in [0.4, 0.5) is 11.4 Å². The number of anilines is 2. The summed E-state index contributed by atoms with van der Waals surface area (Å²) in [6.45, 7) is 5.73. The average Bonchev–Trinajstić information content (AvgIpc) is 3.30. The molecule has 168 valence electrons. The Balaban J connectivity index is 1.66. The van der Waals surface area contributed by atoms with Gasteiger partial charge in [0.1, 0.15) is 5.76 Å². The smallest absolute Gasteiger partial charge is 0.291 e. The number of morpholine rings is 2. The van der Waals surface area contributed by atoms with Crippen molar-refractivity contribution < 1.29 is 27.1 Å². The van der Waals surface area contributed by atoms with E-state index in [2.05, 4.69) is 10.2 Å². The molecule has 2 aromatic rings. The van der Waals surface area contributed by atoms with Crippen LogP contribution in [0.5, 0.6) is 0 Å². The summed E-state index contributed by atoms with van der Waals surface area (Å²) in [6.07, 6.45) is 0.680. The predicted molar refractivity (Wildman–Crippen MR) is 115 cm³/mol. The van der Waals surface area contributed by atoms with Crippen molar-refractivity contribution in [2.45, 2.75) is 18.2 Å². The molecule has 0 spiro atoms. The molecule has 0 radical (unpaired) electrons. The van der Waals surface area contributed by atoms with E-state index in [4.69, 9.17) is 13.9 Å². The number of benzene rings is 1. The van der Waals surface area contributed by atoms with E-state index in [9.17, 15) is 13.2 Å². The lowest BCUT2D eigenvalue weighted by molar-refractivity contribution is 0.0730. The number of carbonyl (C=O) groups excluding carboxylic acids is 1. The number of aryl methyl sites for hydroxylation is 1. The Morgan fingerprint density at radius 2 is 1.68 bits per heavy atom. The monoisotopic (exact) mass is 449 g/mol. The van der Waals surface area contributed by atoms with Crippen molar-refractivity contribution in [1.29, 1.82) is 0 Å². The van der Waals surface area contributed by atoms with E-state index in [-0.39, 0.29) is 10.7 Å². The molecule has 1 N–H and O–H groups in total. The molecule has 1 aromatic carbocycles. The Morgan fingerprint density at radius 3 is 2.32 bits per heavy atom. The predicted octanol–water partition coefficient (Wildman–Crippen LogP) is 1.95. The Labute approximate surface area is 182 Å². The number of hydrogen-bond donors (Lipinski definition) is 1. The second-order valence-corrected chi connectivity index (χ2v) is 9.31. The molecule has 0 bridgehead atoms. The van der Waals surface area contributed by atoms with Crippen LogP contribution < -0.4 is 10.2 Å². The van der Waals surface area contributed by atoms with Gasteiger partial charge in [-0.05, 0) is 30.3 Å². The van der Waals surface area contributed by atoms with Crippen LogP contribution in [0.3, 0.4) is 0 Å². The molecule has 2 fully saturated rings. The number of ether oxygens (including phenoxy) is 2. The van der Waals surface area contributed by atoms with Crippen molar-refractivity contribution in [2.24, 2.45) is 0 Å². The molecule has 0 aliphatic carbocycles. The van der Waals surface area contributed by atoms with Gasteiger partial charge in [-0.2, -0.15) is 4.31 Å². The number of hydrogen-bond acceptors (Lipinski definition) is 7. The van der Waals surface area contributed by atoms with Crippen LogP contribution >= 0.6 is 0 Å². The molecule has 0 atom stereocenters. The molecule has 0 saturated carbocycles. The molecule has 3 heterocycles. The number of nitrogens with zero attached hydrogens (tertiary/aromatic N) is 2. The van der Waals surface area contributed by atoms with Crippen molar-refractivity contribution in [3.8, 4) is 0 Å². The number of carbonyl (C=O) groups is 1. The first-order chi connectivity index (χ1) is 15.0. The number of sulfonamides is 1. The maximum Gasteiger partial charge on any atom is 0.291 e. The Hall–Kier alpha value is -2.40. The zero-order valence-electron chi connectivity index (χ0n) is 17.5. The van der Waals surface area contributed by atoms with Crippen LogP contribution in [0.1, 0.15) is 23.2 Å². The minimum atomic E-state index is -3.70. The molecule has 0 unspecified atom stereocenters. The van der Waals surface area contributed by atoms with Crippen LogP contribution in [0.25, 0.3) is 0 Å². The Bertz CT molecular complexity index is 1020. The fraction of sp³-hybridized carbons (Fsp3) is 0.476. The van der Waals surface area contributed by atoms with Gasteiger partial charge in [0, 0.05) is 32.6 Å². The summed E-state index contributed by atoms with van der Waals surface area (Å²) in [4.78, 5) is 15.0. The summed E-state index contributed by atoms with van der Waals surface area (Å²) >= 11 is 0. The number of furan rings is 1. The van der Waals surface area contributed by atoms with Gasteiger partial charge in [0.2, 0.25) is 10.0 Å². The Morgan fingerprint density at radius 1 is 1.00 bits per heavy atom. The van der Waals surface area contributed by atoms with Crippen LogP contribution in [0.2, 0.25) is 0 Å². The first-order valence-corrected chi connectivity index (χ1v) is 11.9. The zero-order valence-corrected chi connectivity index (χ0v) is 18.3. The molecule has 2 aliphatic heterocycles. The van der Waals surface area contributed by atoms with Gasteiger partial charge in [-0.3, -0.25) is 4.79 Å². The first-order valence-electron chi connectivity index (χ1n) is 10.4. The summed E-state index contributed by atoms with van der Waals surface area (Å²) in [5.41, 5.74) is 1.18. The molecular formula is C21H27N3O6S. The van der Waals surface area contributed by atoms with Gasteiger partial charge in [0.05, 0.1) is 42.7 Å². The second kappa shape index (κ2) is 9.39. The molecule has 2 saturated heterocycles. The topological polar surface area (TPSA) is 101 Å². The maximum atomic E-state index is 13.1. The van der Waals surface area contributed by atoms with Crippen LogP contribution in [0, 0.1) is 0 Å². The fourth-order valence-electron chi connectivity index (χ4n) is 3.67. The number of amides is 1. The second-order valence-electron chi connectivity index (χ2n) is 7.37. The van der Waals surface area contributed by atoms with Crippen LogP contribution in [-0.2, 0) is 25.9 Å². The van der Waals surface area contributed by atoms with Gasteiger partial charge in [-0.15, -0.1) is 0 Å². The van der Waals surface area contributed by atoms with Gasteiger partial charge < -0.3 is 24.1 Å². The lowest BCUT2D eigenvalue weighted by atomic mass is 10.2. The standard InChI is InChI=1S/C21H27N3O6S/c1-2-16-3-6-20(30-16)21(25)22-18-15-17(31(26,27)24-9-13-29-14-10-24)4-5-19(18)23-7-11-28-12-8-23/h3-6,15H,2,7-14H2,1H3,(H,22,25). The van der Waals surface area contributed by atoms with Gasteiger partial charge in [0.15, 0.2) is 5.76 Å². The fourth-order valence-corrected chi connectivity index (χ4v) is 5.10. The number of rotatable bonds is 6. The maximum absolute atomic E-state index is 13.1. The molecule has 31 heavy (non-hydrogen) atoms. The zero-order chi connectivity index (χ0) is 21.8. The van der Waals surface area contributed by atoms with Gasteiger partial charge in [0.25, 0.3) is 5.91 Å². The van der Waals surface area contributed by atoms with Crippen LogP contribution in [0.15, 0.2) is 39.6 Å². The van der Waals surface area contributed by atoms with E-state index < -0.39 is 15.9 Å². The lowest BCUT2D eigenvalue weighted by Crippen LogP contribution is -2.40. The molecule has 1 amide bonds. The van der Waals surface area contributed by atoms with E-state index in [1.807, 2.05) is 6.92 Å². The minimum absolute atomic E-state index is 0.135. The molecule has 4 rings (SSSR count). The third-order valence-electron chi connectivity index (χ3n) is 5.41. The highest BCUT2D eigenvalue weighted by Gasteiger charge is 2.28. The third kappa shape index (κ3) is 4.77. The summed E-state index contributed by atoms with van der Waals surface area (Å²) in [6, 6.07) is 8.24. The molecular weight excluding hydrogens is 422 g/mol. The highest BCUT2D eigenvalue weighted by atomic mass is 32.2. The molecule has 1 aromatic heterocycles. The van der Waals surface area contributed by atoms with E-state index in [1.54, 1.807) is 24.3 Å². The quantitative estimate of drug-likeness (QED) is 0.719. The van der Waals surface area contributed by atoms with Crippen molar-refractivity contribution in [2.75, 3.05) is 62.8 Å². The highest BCUT2D eigenvalue weighted by molar-refractivity contribution is 7.89. The van der Waals surface area contributed by atoms with Gasteiger partial charge in [-0.1, -0.05) is 6.92 Å². The summed E-state index contributed by atoms with van der Waals surface area (Å²) in [5.74, 6) is 0.476. The van der Waals surface area contributed by atoms with Gasteiger partial charge in [-0.25, -0.2) is 8.42 Å². The molecule has 10 heteroatoms. The van der Waals surface area contributed by atoms with Gasteiger partial charge >= 0.3 is 0 Å². The minimum Gasteiger partial charge on any atom is -0.456 e. The highest BCUT2D eigenvalue weighted by Crippen LogP contribution is 2.31. The largest absolute Gasteiger partial charge is 0.456 e. The van der Waals surface area contributed by atoms with Crippen molar-refractivity contribution in [3.05, 3.63) is 41.9 Å². The summed E-state index contributed by atoms with van der Waals surface area (Å²) in [5, 5.41) is 2.85. The first kappa shape index (κ1) is 21.8. The Kier molecular flexibility index (Phi) is 6.61. The lowest BCUT2D eigenvalue weighted by Gasteiger charge is -2.31. The molecule has 2 aliphatic rings. The van der Waals surface area contributed by atoms with Crippen LogP contribution in [-0.4, -0.2) is 71.2 Å². The average molecular weight is 450 g/mol. The van der Waals surface area contributed by atoms with E-state index in [0.29, 0.717) is 70.5 Å².